The number of carbonyl (C=O) groups is 3. The van der Waals surface area contributed by atoms with Gasteiger partial charge in [-0.25, -0.2) is 4.79 Å². The summed E-state index contributed by atoms with van der Waals surface area (Å²) in [6, 6.07) is 13.9. The molecule has 0 bridgehead atoms. The van der Waals surface area contributed by atoms with Crippen molar-refractivity contribution in [3.8, 4) is 11.1 Å². The average Bonchev–Trinajstić information content (AvgIpc) is 2.94. The number of nitrogens with one attached hydrogen (secondary N) is 3. The number of imide groups is 1. The molecule has 0 aromatic heterocycles. The highest BCUT2D eigenvalue weighted by Crippen LogP contribution is 2.30. The molecule has 4 N–H and O–H groups in total. The van der Waals surface area contributed by atoms with E-state index < -0.39 is 23.6 Å². The molecule has 1 saturated heterocycles. The lowest BCUT2D eigenvalue weighted by Gasteiger charge is -2.27. The van der Waals surface area contributed by atoms with Gasteiger partial charge in [0.1, 0.15) is 11.6 Å². The molecule has 4 amide bonds. The summed E-state index contributed by atoms with van der Waals surface area (Å²) >= 11 is 0. The molecule has 7 nitrogen and oxygen atoms in total. The maximum absolute atomic E-state index is 12.0. The Morgan fingerprint density at radius 3 is 2.44 bits per heavy atom. The predicted octanol–water partition coefficient (Wildman–Crippen LogP) is 2.33. The van der Waals surface area contributed by atoms with Crippen LogP contribution in [0.15, 0.2) is 48.5 Å². The number of benzene rings is 2. The fourth-order valence-corrected chi connectivity index (χ4v) is 2.97. The van der Waals surface area contributed by atoms with Gasteiger partial charge in [-0.05, 0) is 35.7 Å². The van der Waals surface area contributed by atoms with Crippen molar-refractivity contribution in [3.63, 3.8) is 0 Å². The van der Waals surface area contributed by atoms with E-state index in [-0.39, 0.29) is 5.91 Å². The van der Waals surface area contributed by atoms with Gasteiger partial charge in [-0.15, -0.1) is 0 Å². The molecule has 1 aliphatic heterocycles. The van der Waals surface area contributed by atoms with Gasteiger partial charge < -0.3 is 15.7 Å². The molecule has 27 heavy (non-hydrogen) atoms. The molecule has 2 atom stereocenters. The van der Waals surface area contributed by atoms with Crippen molar-refractivity contribution >= 4 is 23.5 Å². The van der Waals surface area contributed by atoms with E-state index >= 15 is 0 Å². The Morgan fingerprint density at radius 2 is 1.85 bits per heavy atom. The van der Waals surface area contributed by atoms with Gasteiger partial charge in [0.15, 0.2) is 0 Å². The van der Waals surface area contributed by atoms with E-state index in [1.165, 1.54) is 6.92 Å². The fourth-order valence-electron chi connectivity index (χ4n) is 2.97. The fraction of sp³-hybridized carbons (Fsp3) is 0.250. The second-order valence-corrected chi connectivity index (χ2v) is 6.62. The molecule has 0 spiro atoms. The number of carbonyl (C=O) groups excluding carboxylic acids is 3. The van der Waals surface area contributed by atoms with Crippen LogP contribution in [-0.2, 0) is 9.59 Å². The minimum absolute atomic E-state index is 0.0595. The SMILES string of the molecule is CCC(=O)Nc1cccc(-c2ccc(C(O)C3(C)NC(=O)NC3=O)cc2)c1. The predicted molar refractivity (Wildman–Crippen MR) is 101 cm³/mol. The van der Waals surface area contributed by atoms with Crippen LogP contribution in [0.5, 0.6) is 0 Å². The summed E-state index contributed by atoms with van der Waals surface area (Å²) in [5.74, 6) is -0.626. The van der Waals surface area contributed by atoms with Crippen LogP contribution in [0.25, 0.3) is 11.1 Å². The molecule has 0 aliphatic carbocycles. The van der Waals surface area contributed by atoms with Crippen molar-refractivity contribution in [1.82, 2.24) is 10.6 Å². The van der Waals surface area contributed by atoms with Crippen molar-refractivity contribution in [2.75, 3.05) is 5.32 Å². The van der Waals surface area contributed by atoms with Crippen molar-refractivity contribution in [2.24, 2.45) is 0 Å². The first-order valence-corrected chi connectivity index (χ1v) is 8.65. The first kappa shape index (κ1) is 18.6. The van der Waals surface area contributed by atoms with Gasteiger partial charge in [0.05, 0.1) is 0 Å². The van der Waals surface area contributed by atoms with Crippen LogP contribution < -0.4 is 16.0 Å². The number of anilines is 1. The van der Waals surface area contributed by atoms with Gasteiger partial charge in [-0.2, -0.15) is 0 Å². The normalized spacial score (nSPS) is 20.0. The Bertz CT molecular complexity index is 894. The standard InChI is InChI=1S/C20H21N3O4/c1-3-16(24)21-15-6-4-5-14(11-15)12-7-9-13(10-8-12)17(25)20(2)18(26)22-19(27)23-20/h4-11,17,25H,3H2,1-2H3,(H,21,24)(H2,22,23,26,27). The molecule has 1 fully saturated rings. The van der Waals surface area contributed by atoms with Crippen molar-refractivity contribution < 1.29 is 19.5 Å². The second-order valence-electron chi connectivity index (χ2n) is 6.62. The van der Waals surface area contributed by atoms with E-state index in [0.717, 1.165) is 11.1 Å². The van der Waals surface area contributed by atoms with E-state index in [1.54, 1.807) is 19.1 Å². The largest absolute Gasteiger partial charge is 0.385 e. The molecule has 0 saturated carbocycles. The maximum Gasteiger partial charge on any atom is 0.322 e. The lowest BCUT2D eigenvalue weighted by Crippen LogP contribution is -2.49. The first-order chi connectivity index (χ1) is 12.8. The Kier molecular flexibility index (Phi) is 4.96. The Balaban J connectivity index is 1.82. The molecule has 2 unspecified atom stereocenters. The molecule has 140 valence electrons. The smallest absolute Gasteiger partial charge is 0.322 e. The van der Waals surface area contributed by atoms with Gasteiger partial charge in [0, 0.05) is 12.1 Å². The zero-order valence-corrected chi connectivity index (χ0v) is 15.1. The summed E-state index contributed by atoms with van der Waals surface area (Å²) in [5, 5.41) is 18.0. The van der Waals surface area contributed by atoms with E-state index in [4.69, 9.17) is 0 Å². The topological polar surface area (TPSA) is 108 Å². The number of aliphatic hydroxyl groups is 1. The molecule has 2 aromatic rings. The van der Waals surface area contributed by atoms with Crippen LogP contribution in [0.3, 0.4) is 0 Å². The van der Waals surface area contributed by atoms with Gasteiger partial charge in [-0.3, -0.25) is 14.9 Å². The summed E-state index contributed by atoms with van der Waals surface area (Å²) < 4.78 is 0. The van der Waals surface area contributed by atoms with E-state index in [2.05, 4.69) is 16.0 Å². The number of hydrogen-bond donors (Lipinski definition) is 4. The van der Waals surface area contributed by atoms with Crippen molar-refractivity contribution in [3.05, 3.63) is 54.1 Å². The van der Waals surface area contributed by atoms with Gasteiger partial charge >= 0.3 is 6.03 Å². The summed E-state index contributed by atoms with van der Waals surface area (Å²) in [4.78, 5) is 34.9. The second kappa shape index (κ2) is 7.20. The monoisotopic (exact) mass is 367 g/mol. The first-order valence-electron chi connectivity index (χ1n) is 8.65. The number of hydrogen-bond acceptors (Lipinski definition) is 4. The molecular formula is C20H21N3O4. The third-order valence-corrected chi connectivity index (χ3v) is 4.65. The Morgan fingerprint density at radius 1 is 1.15 bits per heavy atom. The molecule has 7 heteroatoms. The Hall–Kier alpha value is -3.19. The molecule has 0 radical (unpaired) electrons. The number of urea groups is 1. The van der Waals surface area contributed by atoms with Crippen LogP contribution >= 0.6 is 0 Å². The van der Waals surface area contributed by atoms with Crippen LogP contribution in [-0.4, -0.2) is 28.5 Å². The molecule has 2 aromatic carbocycles. The van der Waals surface area contributed by atoms with Crippen LogP contribution in [0.2, 0.25) is 0 Å². The quantitative estimate of drug-likeness (QED) is 0.608. The zero-order chi connectivity index (χ0) is 19.6. The molecule has 1 aliphatic rings. The van der Waals surface area contributed by atoms with Crippen LogP contribution in [0.1, 0.15) is 31.9 Å². The summed E-state index contributed by atoms with van der Waals surface area (Å²) in [6.07, 6.45) is -0.784. The highest BCUT2D eigenvalue weighted by Gasteiger charge is 2.48. The maximum atomic E-state index is 12.0. The lowest BCUT2D eigenvalue weighted by atomic mass is 9.89. The summed E-state index contributed by atoms with van der Waals surface area (Å²) in [7, 11) is 0. The summed E-state index contributed by atoms with van der Waals surface area (Å²) in [5.41, 5.74) is 1.60. The molecule has 3 rings (SSSR count). The van der Waals surface area contributed by atoms with Crippen LogP contribution in [0, 0.1) is 0 Å². The van der Waals surface area contributed by atoms with E-state index in [1.807, 2.05) is 36.4 Å². The number of rotatable bonds is 5. The number of amides is 4. The highest BCUT2D eigenvalue weighted by atomic mass is 16.3. The van der Waals surface area contributed by atoms with E-state index in [0.29, 0.717) is 17.7 Å². The highest BCUT2D eigenvalue weighted by molar-refractivity contribution is 6.07. The summed E-state index contributed by atoms with van der Waals surface area (Å²) in [6.45, 7) is 3.27. The van der Waals surface area contributed by atoms with Crippen molar-refractivity contribution in [2.45, 2.75) is 31.9 Å². The van der Waals surface area contributed by atoms with Gasteiger partial charge in [0.2, 0.25) is 5.91 Å². The molecular weight excluding hydrogens is 346 g/mol. The number of aliphatic hydroxyl groups excluding tert-OH is 1. The molecule has 1 heterocycles. The zero-order valence-electron chi connectivity index (χ0n) is 15.1. The van der Waals surface area contributed by atoms with E-state index in [9.17, 15) is 19.5 Å². The van der Waals surface area contributed by atoms with Crippen LogP contribution in [0.4, 0.5) is 10.5 Å². The van der Waals surface area contributed by atoms with Crippen molar-refractivity contribution in [1.29, 1.82) is 0 Å². The third-order valence-electron chi connectivity index (χ3n) is 4.65. The van der Waals surface area contributed by atoms with Gasteiger partial charge in [-0.1, -0.05) is 43.3 Å². The Labute approximate surface area is 156 Å². The minimum atomic E-state index is -1.41. The third kappa shape index (κ3) is 3.68. The van der Waals surface area contributed by atoms with Gasteiger partial charge in [0.25, 0.3) is 5.91 Å². The average molecular weight is 367 g/mol. The minimum Gasteiger partial charge on any atom is -0.385 e. The lowest BCUT2D eigenvalue weighted by molar-refractivity contribution is -0.127.